The van der Waals surface area contributed by atoms with Gasteiger partial charge in [-0.25, -0.2) is 0 Å². The van der Waals surface area contributed by atoms with Gasteiger partial charge in [-0.3, -0.25) is 4.79 Å². The first kappa shape index (κ1) is 20.4. The maximum Gasteiger partial charge on any atom is 0.325 e. The molecule has 7 nitrogen and oxygen atoms in total. The molecule has 0 aliphatic heterocycles. The van der Waals surface area contributed by atoms with E-state index in [1.54, 1.807) is 18.2 Å². The van der Waals surface area contributed by atoms with Crippen molar-refractivity contribution in [2.45, 2.75) is 18.4 Å². The van der Waals surface area contributed by atoms with Crippen LogP contribution in [0.3, 0.4) is 0 Å². The number of thiazole rings is 1. The predicted molar refractivity (Wildman–Crippen MR) is 107 cm³/mol. The molecule has 1 heterocycles. The van der Waals surface area contributed by atoms with Crippen molar-refractivity contribution in [1.29, 1.82) is 0 Å². The molecule has 0 N–H and O–H groups in total. The van der Waals surface area contributed by atoms with Gasteiger partial charge in [0.2, 0.25) is 4.80 Å². The molecule has 0 saturated carbocycles. The van der Waals surface area contributed by atoms with Crippen LogP contribution in [0.1, 0.15) is 6.92 Å². The van der Waals surface area contributed by atoms with Gasteiger partial charge in [0.15, 0.2) is 0 Å². The van der Waals surface area contributed by atoms with E-state index in [4.69, 9.17) is 21.1 Å². The normalized spacial score (nSPS) is 12.3. The molecule has 3 aromatic rings. The number of carbonyl (C=O) groups is 1. The summed E-state index contributed by atoms with van der Waals surface area (Å²) in [6, 6.07) is 11.0. The van der Waals surface area contributed by atoms with Gasteiger partial charge < -0.3 is 14.0 Å². The average molecular weight is 441 g/mol. The fraction of sp³-hybridized carbons (Fsp3) is 0.222. The second kappa shape index (κ2) is 8.34. The van der Waals surface area contributed by atoms with Crippen LogP contribution < -0.4 is 9.54 Å². The SMILES string of the molecule is CCOc1ccc2c(c1)s/c(=N\S(=O)(=O)c1ccc(Cl)cc1)n2CC(=O)OC. The molecule has 0 bridgehead atoms. The fourth-order valence-electron chi connectivity index (χ4n) is 2.49. The van der Waals surface area contributed by atoms with Gasteiger partial charge in [0.1, 0.15) is 12.3 Å². The number of rotatable bonds is 6. The molecule has 3 rings (SSSR count). The molecule has 0 unspecified atom stereocenters. The lowest BCUT2D eigenvalue weighted by molar-refractivity contribution is -0.141. The number of carbonyl (C=O) groups excluding carboxylic acids is 1. The Morgan fingerprint density at radius 2 is 1.93 bits per heavy atom. The zero-order valence-corrected chi connectivity index (χ0v) is 17.5. The van der Waals surface area contributed by atoms with Gasteiger partial charge in [-0.15, -0.1) is 4.40 Å². The van der Waals surface area contributed by atoms with Gasteiger partial charge in [-0.05, 0) is 49.4 Å². The summed E-state index contributed by atoms with van der Waals surface area (Å²) in [7, 11) is -2.72. The van der Waals surface area contributed by atoms with Crippen molar-refractivity contribution >= 4 is 49.1 Å². The molecule has 0 aliphatic rings. The molecule has 2 aromatic carbocycles. The number of sulfonamides is 1. The van der Waals surface area contributed by atoms with Gasteiger partial charge in [0.25, 0.3) is 10.0 Å². The van der Waals surface area contributed by atoms with Crippen molar-refractivity contribution in [3.63, 3.8) is 0 Å². The summed E-state index contributed by atoms with van der Waals surface area (Å²) in [6.45, 7) is 2.20. The van der Waals surface area contributed by atoms with Crippen LogP contribution in [-0.4, -0.2) is 32.7 Å². The van der Waals surface area contributed by atoms with Gasteiger partial charge in [0.05, 0.1) is 28.8 Å². The highest BCUT2D eigenvalue weighted by Crippen LogP contribution is 2.24. The number of benzene rings is 2. The zero-order valence-electron chi connectivity index (χ0n) is 15.1. The van der Waals surface area contributed by atoms with Crippen LogP contribution in [0.5, 0.6) is 5.75 Å². The van der Waals surface area contributed by atoms with Crippen LogP contribution in [0.15, 0.2) is 51.8 Å². The van der Waals surface area contributed by atoms with Crippen molar-refractivity contribution in [3.05, 3.63) is 52.3 Å². The number of fused-ring (bicyclic) bond motifs is 1. The first-order chi connectivity index (χ1) is 13.3. The van der Waals surface area contributed by atoms with E-state index >= 15 is 0 Å². The molecule has 0 spiro atoms. The number of esters is 1. The summed E-state index contributed by atoms with van der Waals surface area (Å²) in [6.07, 6.45) is 0. The minimum Gasteiger partial charge on any atom is -0.494 e. The average Bonchev–Trinajstić information content (AvgIpc) is 2.98. The van der Waals surface area contributed by atoms with Gasteiger partial charge >= 0.3 is 5.97 Å². The van der Waals surface area contributed by atoms with E-state index in [0.717, 1.165) is 16.0 Å². The van der Waals surface area contributed by atoms with Crippen molar-refractivity contribution in [1.82, 2.24) is 4.57 Å². The van der Waals surface area contributed by atoms with E-state index in [9.17, 15) is 13.2 Å². The van der Waals surface area contributed by atoms with Crippen LogP contribution in [0.2, 0.25) is 5.02 Å². The molecule has 28 heavy (non-hydrogen) atoms. The number of aromatic nitrogens is 1. The highest BCUT2D eigenvalue weighted by Gasteiger charge is 2.16. The molecule has 0 amide bonds. The third kappa shape index (κ3) is 4.37. The first-order valence-corrected chi connectivity index (χ1v) is 10.9. The Hall–Kier alpha value is -2.36. The summed E-state index contributed by atoms with van der Waals surface area (Å²) in [4.78, 5) is 12.0. The van der Waals surface area contributed by atoms with Gasteiger partial charge in [-0.1, -0.05) is 22.9 Å². The van der Waals surface area contributed by atoms with Crippen LogP contribution in [0.25, 0.3) is 10.2 Å². The Morgan fingerprint density at radius 3 is 2.57 bits per heavy atom. The smallest absolute Gasteiger partial charge is 0.325 e. The molecule has 1 aromatic heterocycles. The Labute approximate surface area is 170 Å². The topological polar surface area (TPSA) is 87.0 Å². The van der Waals surface area contributed by atoms with Crippen LogP contribution in [0.4, 0.5) is 0 Å². The highest BCUT2D eigenvalue weighted by atomic mass is 35.5. The summed E-state index contributed by atoms with van der Waals surface area (Å²) in [5.74, 6) is 0.132. The summed E-state index contributed by atoms with van der Waals surface area (Å²) in [5.41, 5.74) is 0.656. The highest BCUT2D eigenvalue weighted by molar-refractivity contribution is 7.90. The maximum absolute atomic E-state index is 12.7. The molecule has 148 valence electrons. The van der Waals surface area contributed by atoms with Crippen molar-refractivity contribution in [3.8, 4) is 5.75 Å². The molecule has 0 fully saturated rings. The number of methoxy groups -OCH3 is 1. The quantitative estimate of drug-likeness (QED) is 0.549. The summed E-state index contributed by atoms with van der Waals surface area (Å²) in [5, 5.41) is 0.421. The van der Waals surface area contributed by atoms with Crippen molar-refractivity contribution in [2.75, 3.05) is 13.7 Å². The summed E-state index contributed by atoms with van der Waals surface area (Å²) < 4.78 is 41.8. The molecule has 10 heteroatoms. The molecule has 0 atom stereocenters. The van der Waals surface area contributed by atoms with E-state index in [1.807, 2.05) is 6.92 Å². The lowest BCUT2D eigenvalue weighted by atomic mass is 10.3. The Morgan fingerprint density at radius 1 is 1.21 bits per heavy atom. The van der Waals surface area contributed by atoms with Crippen LogP contribution in [-0.2, 0) is 26.1 Å². The third-order valence-corrected chi connectivity index (χ3v) is 6.48. The van der Waals surface area contributed by atoms with Gasteiger partial charge in [-0.2, -0.15) is 8.42 Å². The monoisotopic (exact) mass is 440 g/mol. The summed E-state index contributed by atoms with van der Waals surface area (Å²) >= 11 is 6.97. The number of hydrogen-bond donors (Lipinski definition) is 0. The first-order valence-electron chi connectivity index (χ1n) is 8.23. The largest absolute Gasteiger partial charge is 0.494 e. The molecular formula is C18H17ClN2O5S2. The van der Waals surface area contributed by atoms with E-state index in [0.29, 0.717) is 22.9 Å². The van der Waals surface area contributed by atoms with E-state index < -0.39 is 16.0 Å². The minimum absolute atomic E-state index is 0.00831. The Kier molecular flexibility index (Phi) is 6.07. The van der Waals surface area contributed by atoms with E-state index in [-0.39, 0.29) is 16.2 Å². The lowest BCUT2D eigenvalue weighted by Gasteiger charge is -2.05. The standard InChI is InChI=1S/C18H17ClN2O5S2/c1-3-26-13-6-9-15-16(10-13)27-18(21(15)11-17(22)25-2)20-28(23,24)14-7-4-12(19)5-8-14/h4-10H,3,11H2,1-2H3/b20-18-. The fourth-order valence-corrected chi connectivity index (χ4v) is 4.88. The number of ether oxygens (including phenoxy) is 2. The van der Waals surface area contributed by atoms with Crippen molar-refractivity contribution < 1.29 is 22.7 Å². The Balaban J connectivity index is 2.19. The molecule has 0 aliphatic carbocycles. The third-order valence-electron chi connectivity index (χ3n) is 3.79. The lowest BCUT2D eigenvalue weighted by Crippen LogP contribution is -2.22. The van der Waals surface area contributed by atoms with Crippen molar-refractivity contribution in [2.24, 2.45) is 4.40 Å². The second-order valence-electron chi connectivity index (χ2n) is 5.63. The van der Waals surface area contributed by atoms with E-state index in [2.05, 4.69) is 4.40 Å². The molecule has 0 saturated heterocycles. The maximum atomic E-state index is 12.7. The number of halogens is 1. The minimum atomic E-state index is -3.99. The second-order valence-corrected chi connectivity index (χ2v) is 8.68. The van der Waals surface area contributed by atoms with Crippen LogP contribution in [0, 0.1) is 0 Å². The molecular weight excluding hydrogens is 424 g/mol. The van der Waals surface area contributed by atoms with Crippen LogP contribution >= 0.6 is 22.9 Å². The van der Waals surface area contributed by atoms with E-state index in [1.165, 1.54) is 35.9 Å². The predicted octanol–water partition coefficient (Wildman–Crippen LogP) is 3.22. The molecule has 0 radical (unpaired) electrons. The number of nitrogens with zero attached hydrogens (tertiary/aromatic N) is 2. The van der Waals surface area contributed by atoms with Gasteiger partial charge in [0, 0.05) is 5.02 Å². The number of hydrogen-bond acceptors (Lipinski definition) is 6. The zero-order chi connectivity index (χ0) is 20.3. The Bertz CT molecular complexity index is 1180.